The number of benzene rings is 1. The van der Waals surface area contributed by atoms with E-state index in [9.17, 15) is 8.42 Å². The molecule has 0 atom stereocenters. The van der Waals surface area contributed by atoms with E-state index >= 15 is 0 Å². The van der Waals surface area contributed by atoms with Gasteiger partial charge < -0.3 is 9.22 Å². The number of quaternary nitrogens is 1. The van der Waals surface area contributed by atoms with Crippen molar-refractivity contribution in [3.05, 3.63) is 29.3 Å². The first kappa shape index (κ1) is 16.9. The number of hydrogen-bond acceptors (Lipinski definition) is 4. The Morgan fingerprint density at radius 1 is 1.20 bits per heavy atom. The van der Waals surface area contributed by atoms with Gasteiger partial charge in [-0.3, -0.25) is 4.18 Å². The Morgan fingerprint density at radius 3 is 2.40 bits per heavy atom. The minimum Gasteiger partial charge on any atom is -0.496 e. The molecule has 114 valence electrons. The van der Waals surface area contributed by atoms with Gasteiger partial charge in [-0.1, -0.05) is 12.1 Å². The summed E-state index contributed by atoms with van der Waals surface area (Å²) in [7, 11) is 3.45. The molecule has 0 unspecified atom stereocenters. The molecular weight excluding hydrogens is 278 g/mol. The summed E-state index contributed by atoms with van der Waals surface area (Å²) in [6.45, 7) is 3.25. The van der Waals surface area contributed by atoms with Crippen molar-refractivity contribution in [2.75, 3.05) is 40.6 Å². The summed E-state index contributed by atoms with van der Waals surface area (Å²) in [5.74, 6) is 0.867. The monoisotopic (exact) mass is 302 g/mol. The summed E-state index contributed by atoms with van der Waals surface area (Å²) in [6, 6.07) is 5.92. The van der Waals surface area contributed by atoms with Gasteiger partial charge in [-0.2, -0.15) is 8.42 Å². The van der Waals surface area contributed by atoms with E-state index in [1.807, 2.05) is 39.2 Å². The van der Waals surface area contributed by atoms with Gasteiger partial charge >= 0.3 is 0 Å². The van der Waals surface area contributed by atoms with Crippen LogP contribution in [0.5, 0.6) is 5.75 Å². The van der Waals surface area contributed by atoms with Crippen molar-refractivity contribution < 1.29 is 21.8 Å². The van der Waals surface area contributed by atoms with Gasteiger partial charge in [0.2, 0.25) is 0 Å². The zero-order chi connectivity index (χ0) is 15.4. The quantitative estimate of drug-likeness (QED) is 0.566. The molecule has 0 spiro atoms. The summed E-state index contributed by atoms with van der Waals surface area (Å²) in [5, 5.41) is 0. The third-order valence-corrected chi connectivity index (χ3v) is 4.61. The van der Waals surface area contributed by atoms with Gasteiger partial charge in [0, 0.05) is 5.56 Å². The zero-order valence-electron chi connectivity index (χ0n) is 12.8. The first-order chi connectivity index (χ1) is 9.21. The molecule has 0 saturated carbocycles. The maximum Gasteiger partial charge on any atom is 0.272 e. The first-order valence-corrected chi connectivity index (χ1v) is 8.01. The standard InChI is InChI=1S/C14H24NO4S/c1-12-13(7-6-8-14(12)18-4)11-15(2,3)9-10-20(16,17)19-5/h6-8H,9-11H2,1-5H3/q+1. The third kappa shape index (κ3) is 4.77. The lowest BCUT2D eigenvalue weighted by Crippen LogP contribution is -2.42. The van der Waals surface area contributed by atoms with Gasteiger partial charge in [0.15, 0.2) is 0 Å². The summed E-state index contributed by atoms with van der Waals surface area (Å²) >= 11 is 0. The Balaban J connectivity index is 2.81. The number of methoxy groups -OCH3 is 1. The SMILES string of the molecule is COc1cccc(C[N+](C)(C)CCS(=O)(=O)OC)c1C. The van der Waals surface area contributed by atoms with Crippen molar-refractivity contribution in [2.45, 2.75) is 13.5 Å². The van der Waals surface area contributed by atoms with Gasteiger partial charge in [0.05, 0.1) is 34.9 Å². The molecule has 0 N–H and O–H groups in total. The van der Waals surface area contributed by atoms with Gasteiger partial charge in [-0.15, -0.1) is 0 Å². The Bertz CT molecular complexity index is 552. The van der Waals surface area contributed by atoms with Crippen LogP contribution in [-0.4, -0.2) is 53.5 Å². The Labute approximate surface area is 121 Å². The van der Waals surface area contributed by atoms with Crippen molar-refractivity contribution in [2.24, 2.45) is 0 Å². The molecule has 0 fully saturated rings. The van der Waals surface area contributed by atoms with Crippen LogP contribution in [0.4, 0.5) is 0 Å². The average Bonchev–Trinajstić information content (AvgIpc) is 2.39. The Morgan fingerprint density at radius 2 is 1.85 bits per heavy atom. The first-order valence-electron chi connectivity index (χ1n) is 6.43. The van der Waals surface area contributed by atoms with Crippen molar-refractivity contribution in [1.29, 1.82) is 0 Å². The van der Waals surface area contributed by atoms with Crippen LogP contribution in [-0.2, 0) is 20.8 Å². The molecule has 0 heterocycles. The lowest BCUT2D eigenvalue weighted by molar-refractivity contribution is -0.901. The normalized spacial score (nSPS) is 12.4. The van der Waals surface area contributed by atoms with Crippen LogP contribution in [0, 0.1) is 6.92 Å². The maximum atomic E-state index is 11.4. The minimum atomic E-state index is -3.41. The second-order valence-electron chi connectivity index (χ2n) is 5.49. The van der Waals surface area contributed by atoms with Crippen LogP contribution in [0.1, 0.15) is 11.1 Å². The van der Waals surface area contributed by atoms with Crippen LogP contribution in [0.15, 0.2) is 18.2 Å². The molecule has 0 saturated heterocycles. The topological polar surface area (TPSA) is 52.6 Å². The number of nitrogens with zero attached hydrogens (tertiary/aromatic N) is 1. The van der Waals surface area contributed by atoms with Crippen molar-refractivity contribution in [3.8, 4) is 5.75 Å². The molecular formula is C14H24NO4S+. The average molecular weight is 302 g/mol. The molecule has 0 aliphatic rings. The second-order valence-corrected chi connectivity index (χ2v) is 7.35. The van der Waals surface area contributed by atoms with Crippen LogP contribution in [0.2, 0.25) is 0 Å². The number of rotatable bonds is 7. The highest BCUT2D eigenvalue weighted by Crippen LogP contribution is 2.23. The lowest BCUT2D eigenvalue weighted by Gasteiger charge is -2.30. The summed E-state index contributed by atoms with van der Waals surface area (Å²) in [6.07, 6.45) is 0. The molecule has 0 aromatic heterocycles. The molecule has 0 aliphatic carbocycles. The highest BCUT2D eigenvalue weighted by atomic mass is 32.2. The fourth-order valence-electron chi connectivity index (χ4n) is 2.03. The van der Waals surface area contributed by atoms with Gasteiger partial charge in [-0.25, -0.2) is 0 Å². The van der Waals surface area contributed by atoms with Crippen LogP contribution in [0.3, 0.4) is 0 Å². The summed E-state index contributed by atoms with van der Waals surface area (Å²) in [5.41, 5.74) is 2.25. The van der Waals surface area contributed by atoms with Gasteiger partial charge in [0.1, 0.15) is 18.0 Å². The molecule has 0 radical (unpaired) electrons. The highest BCUT2D eigenvalue weighted by Gasteiger charge is 2.22. The minimum absolute atomic E-state index is 0.0134. The van der Waals surface area contributed by atoms with E-state index in [1.165, 1.54) is 7.11 Å². The molecule has 0 aliphatic heterocycles. The van der Waals surface area contributed by atoms with E-state index in [0.717, 1.165) is 23.4 Å². The molecule has 1 aromatic rings. The molecule has 20 heavy (non-hydrogen) atoms. The second kappa shape index (κ2) is 6.56. The van der Waals surface area contributed by atoms with Crippen molar-refractivity contribution in [3.63, 3.8) is 0 Å². The third-order valence-electron chi connectivity index (χ3n) is 3.42. The van der Waals surface area contributed by atoms with Gasteiger partial charge in [-0.05, 0) is 18.6 Å². The van der Waals surface area contributed by atoms with E-state index in [1.54, 1.807) is 7.11 Å². The number of hydrogen-bond donors (Lipinski definition) is 0. The lowest BCUT2D eigenvalue weighted by atomic mass is 10.1. The van der Waals surface area contributed by atoms with Crippen LogP contribution in [0.25, 0.3) is 0 Å². The fraction of sp³-hybridized carbons (Fsp3) is 0.571. The molecule has 1 aromatic carbocycles. The molecule has 5 nitrogen and oxygen atoms in total. The molecule has 6 heteroatoms. The highest BCUT2D eigenvalue weighted by molar-refractivity contribution is 7.86. The van der Waals surface area contributed by atoms with E-state index in [4.69, 9.17) is 4.74 Å². The van der Waals surface area contributed by atoms with Crippen LogP contribution >= 0.6 is 0 Å². The largest absolute Gasteiger partial charge is 0.496 e. The van der Waals surface area contributed by atoms with E-state index in [0.29, 0.717) is 11.0 Å². The fourth-order valence-corrected chi connectivity index (χ4v) is 2.92. The molecule has 0 amide bonds. The predicted octanol–water partition coefficient (Wildman–Crippen LogP) is 1.56. The number of ether oxygens (including phenoxy) is 1. The predicted molar refractivity (Wildman–Crippen MR) is 79.2 cm³/mol. The van der Waals surface area contributed by atoms with Crippen LogP contribution < -0.4 is 4.74 Å². The van der Waals surface area contributed by atoms with Crippen molar-refractivity contribution >= 4 is 10.1 Å². The van der Waals surface area contributed by atoms with E-state index in [-0.39, 0.29) is 5.75 Å². The Hall–Kier alpha value is -1.11. The Kier molecular flexibility index (Phi) is 5.56. The zero-order valence-corrected chi connectivity index (χ0v) is 13.7. The molecule has 1 rings (SSSR count). The molecule has 0 bridgehead atoms. The maximum absolute atomic E-state index is 11.4. The van der Waals surface area contributed by atoms with Gasteiger partial charge in [0.25, 0.3) is 10.1 Å². The smallest absolute Gasteiger partial charge is 0.272 e. The van der Waals surface area contributed by atoms with E-state index < -0.39 is 10.1 Å². The van der Waals surface area contributed by atoms with E-state index in [2.05, 4.69) is 4.18 Å². The summed E-state index contributed by atoms with van der Waals surface area (Å²) < 4.78 is 33.2. The summed E-state index contributed by atoms with van der Waals surface area (Å²) in [4.78, 5) is 0. The van der Waals surface area contributed by atoms with Crippen molar-refractivity contribution in [1.82, 2.24) is 0 Å².